The SMILES string of the molecule is CSc1ncc2c(C#C[Si](C(C)C)(C(C)C)C(C)C)c(C)c(N)nc2n1. The summed E-state index contributed by atoms with van der Waals surface area (Å²) in [5, 5.41) is 1.59. The average molecular weight is 387 g/mol. The van der Waals surface area contributed by atoms with Gasteiger partial charge in [0.2, 0.25) is 0 Å². The van der Waals surface area contributed by atoms with Gasteiger partial charge in [0, 0.05) is 17.3 Å². The van der Waals surface area contributed by atoms with Crippen LogP contribution >= 0.6 is 11.8 Å². The summed E-state index contributed by atoms with van der Waals surface area (Å²) in [6.45, 7) is 15.9. The van der Waals surface area contributed by atoms with E-state index in [1.165, 1.54) is 11.8 Å². The lowest BCUT2D eigenvalue weighted by Crippen LogP contribution is -2.43. The number of hydrogen-bond acceptors (Lipinski definition) is 5. The molecule has 0 atom stereocenters. The Bertz CT molecular complexity index is 844. The maximum absolute atomic E-state index is 6.16. The highest BCUT2D eigenvalue weighted by Gasteiger charge is 2.41. The minimum Gasteiger partial charge on any atom is -0.383 e. The Hall–Kier alpha value is -1.58. The van der Waals surface area contributed by atoms with Crippen LogP contribution in [0.4, 0.5) is 5.82 Å². The van der Waals surface area contributed by atoms with Gasteiger partial charge in [-0.3, -0.25) is 0 Å². The summed E-state index contributed by atoms with van der Waals surface area (Å²) in [7, 11) is -1.82. The smallest absolute Gasteiger partial charge is 0.189 e. The molecule has 2 aromatic heterocycles. The molecule has 0 bridgehead atoms. The van der Waals surface area contributed by atoms with E-state index in [0.29, 0.717) is 33.2 Å². The first-order valence-electron chi connectivity index (χ1n) is 9.15. The Balaban J connectivity index is 2.75. The van der Waals surface area contributed by atoms with E-state index < -0.39 is 8.07 Å². The highest BCUT2D eigenvalue weighted by atomic mass is 32.2. The van der Waals surface area contributed by atoms with Crippen molar-refractivity contribution >= 4 is 36.7 Å². The third kappa shape index (κ3) is 3.60. The van der Waals surface area contributed by atoms with E-state index in [4.69, 9.17) is 5.73 Å². The summed E-state index contributed by atoms with van der Waals surface area (Å²) in [5.74, 6) is 4.02. The van der Waals surface area contributed by atoms with Crippen molar-refractivity contribution in [3.63, 3.8) is 0 Å². The number of fused-ring (bicyclic) bond motifs is 1. The summed E-state index contributed by atoms with van der Waals surface area (Å²) in [4.78, 5) is 13.4. The van der Waals surface area contributed by atoms with Crippen LogP contribution in [0.15, 0.2) is 11.4 Å². The number of rotatable bonds is 4. The zero-order valence-corrected chi connectivity index (χ0v) is 19.0. The van der Waals surface area contributed by atoms with E-state index in [-0.39, 0.29) is 0 Å². The Morgan fingerprint density at radius 2 is 1.62 bits per heavy atom. The van der Waals surface area contributed by atoms with Crippen molar-refractivity contribution in [2.24, 2.45) is 0 Å². The van der Waals surface area contributed by atoms with Crippen LogP contribution in [0.5, 0.6) is 0 Å². The van der Waals surface area contributed by atoms with Gasteiger partial charge in [-0.15, -0.1) is 5.54 Å². The number of nitrogens with zero attached hydrogens (tertiary/aromatic N) is 3. The predicted octanol–water partition coefficient (Wildman–Crippen LogP) is 5.21. The van der Waals surface area contributed by atoms with Crippen molar-refractivity contribution in [1.82, 2.24) is 15.0 Å². The summed E-state index contributed by atoms with van der Waals surface area (Å²) >= 11 is 1.50. The van der Waals surface area contributed by atoms with Gasteiger partial charge in [0.1, 0.15) is 13.9 Å². The van der Waals surface area contributed by atoms with E-state index in [2.05, 4.69) is 68.0 Å². The average Bonchev–Trinajstić information content (AvgIpc) is 2.56. The van der Waals surface area contributed by atoms with E-state index in [9.17, 15) is 0 Å². The summed E-state index contributed by atoms with van der Waals surface area (Å²) < 4.78 is 0. The molecule has 140 valence electrons. The quantitative estimate of drug-likeness (QED) is 0.338. The van der Waals surface area contributed by atoms with Gasteiger partial charge in [-0.25, -0.2) is 15.0 Å². The van der Waals surface area contributed by atoms with Crippen LogP contribution < -0.4 is 5.73 Å². The largest absolute Gasteiger partial charge is 0.383 e. The highest BCUT2D eigenvalue weighted by Crippen LogP contribution is 2.41. The van der Waals surface area contributed by atoms with E-state index in [0.717, 1.165) is 16.5 Å². The van der Waals surface area contributed by atoms with Crippen LogP contribution in [-0.4, -0.2) is 29.3 Å². The molecule has 0 unspecified atom stereocenters. The molecule has 2 aromatic rings. The number of nitrogens with two attached hydrogens (primary N) is 1. The monoisotopic (exact) mass is 386 g/mol. The van der Waals surface area contributed by atoms with E-state index in [1.54, 1.807) is 0 Å². The summed E-state index contributed by atoms with van der Waals surface area (Å²) in [5.41, 5.74) is 14.2. The van der Waals surface area contributed by atoms with E-state index >= 15 is 0 Å². The van der Waals surface area contributed by atoms with Crippen molar-refractivity contribution in [1.29, 1.82) is 0 Å². The zero-order valence-electron chi connectivity index (χ0n) is 17.1. The third-order valence-corrected chi connectivity index (χ3v) is 12.3. The fourth-order valence-electron chi connectivity index (χ4n) is 4.01. The van der Waals surface area contributed by atoms with Crippen molar-refractivity contribution in [3.05, 3.63) is 17.3 Å². The zero-order chi connectivity index (χ0) is 19.6. The lowest BCUT2D eigenvalue weighted by Gasteiger charge is -2.38. The molecule has 0 aliphatic carbocycles. The molecule has 4 nitrogen and oxygen atoms in total. The third-order valence-electron chi connectivity index (χ3n) is 5.45. The molecule has 2 heterocycles. The molecule has 0 fully saturated rings. The molecule has 0 aliphatic rings. The first kappa shape index (κ1) is 20.7. The first-order chi connectivity index (χ1) is 12.1. The summed E-state index contributed by atoms with van der Waals surface area (Å²) in [6.07, 6.45) is 3.79. The van der Waals surface area contributed by atoms with Gasteiger partial charge in [0.25, 0.3) is 0 Å². The van der Waals surface area contributed by atoms with Gasteiger partial charge in [0.15, 0.2) is 10.8 Å². The fourth-order valence-corrected chi connectivity index (χ4v) is 9.55. The number of hydrogen-bond donors (Lipinski definition) is 1. The molecule has 0 radical (unpaired) electrons. The van der Waals surface area contributed by atoms with Crippen LogP contribution in [-0.2, 0) is 0 Å². The molecular formula is C20H30N4SSi. The Morgan fingerprint density at radius 1 is 1.04 bits per heavy atom. The number of aromatic nitrogens is 3. The lowest BCUT2D eigenvalue weighted by atomic mass is 10.1. The van der Waals surface area contributed by atoms with Crippen LogP contribution in [0.2, 0.25) is 16.6 Å². The van der Waals surface area contributed by atoms with Crippen LogP contribution in [0.1, 0.15) is 52.7 Å². The molecule has 0 amide bonds. The number of pyridine rings is 1. The second-order valence-electron chi connectivity index (χ2n) is 7.74. The standard InChI is InChI=1S/C20H30N4SSi/c1-12(2)26(13(3)4,14(5)6)10-9-16-15(7)18(21)23-19-17(16)11-22-20(24-19)25-8/h11-14H,1-8H3,(H2,21,22,23,24). The van der Waals surface area contributed by atoms with Crippen molar-refractivity contribution in [3.8, 4) is 11.5 Å². The topological polar surface area (TPSA) is 64.7 Å². The molecule has 0 aliphatic heterocycles. The van der Waals surface area contributed by atoms with Gasteiger partial charge in [-0.1, -0.05) is 59.2 Å². The second kappa shape index (κ2) is 7.97. The molecule has 26 heavy (non-hydrogen) atoms. The maximum atomic E-state index is 6.16. The Labute approximate surface area is 162 Å². The maximum Gasteiger partial charge on any atom is 0.189 e. The molecule has 0 aromatic carbocycles. The van der Waals surface area contributed by atoms with Crippen LogP contribution in [0, 0.1) is 18.4 Å². The minimum atomic E-state index is -1.82. The van der Waals surface area contributed by atoms with Gasteiger partial charge in [0.05, 0.1) is 5.39 Å². The highest BCUT2D eigenvalue weighted by molar-refractivity contribution is 7.98. The normalized spacial score (nSPS) is 12.1. The Kier molecular flexibility index (Phi) is 6.36. The molecule has 2 N–H and O–H groups in total. The van der Waals surface area contributed by atoms with Gasteiger partial charge >= 0.3 is 0 Å². The van der Waals surface area contributed by atoms with Crippen LogP contribution in [0.25, 0.3) is 11.0 Å². The molecular weight excluding hydrogens is 356 g/mol. The van der Waals surface area contributed by atoms with Gasteiger partial charge in [-0.2, -0.15) is 0 Å². The number of nitrogen functional groups attached to an aromatic ring is 1. The number of anilines is 1. The van der Waals surface area contributed by atoms with Crippen LogP contribution in [0.3, 0.4) is 0 Å². The summed E-state index contributed by atoms with van der Waals surface area (Å²) in [6, 6.07) is 0. The van der Waals surface area contributed by atoms with Crippen molar-refractivity contribution < 1.29 is 0 Å². The van der Waals surface area contributed by atoms with E-state index in [1.807, 2.05) is 19.4 Å². The predicted molar refractivity (Wildman–Crippen MR) is 116 cm³/mol. The van der Waals surface area contributed by atoms with Gasteiger partial charge < -0.3 is 5.73 Å². The van der Waals surface area contributed by atoms with Crippen molar-refractivity contribution in [2.45, 2.75) is 70.2 Å². The first-order valence-corrected chi connectivity index (χ1v) is 12.6. The lowest BCUT2D eigenvalue weighted by molar-refractivity contribution is 0.838. The Morgan fingerprint density at radius 3 is 2.12 bits per heavy atom. The number of thioether (sulfide) groups is 1. The fraction of sp³-hybridized carbons (Fsp3) is 0.550. The molecule has 0 saturated heterocycles. The molecule has 6 heteroatoms. The minimum absolute atomic E-state index is 0.499. The molecule has 0 spiro atoms. The van der Waals surface area contributed by atoms with Gasteiger partial charge in [-0.05, 0) is 29.8 Å². The second-order valence-corrected chi connectivity index (χ2v) is 14.1. The van der Waals surface area contributed by atoms with Crippen molar-refractivity contribution in [2.75, 3.05) is 12.0 Å². The molecule has 2 rings (SSSR count). The molecule has 0 saturated carbocycles.